The van der Waals surface area contributed by atoms with Crippen LogP contribution in [0.25, 0.3) is 10.9 Å². The number of pyridine rings is 1. The molecule has 0 spiro atoms. The zero-order chi connectivity index (χ0) is 20.3. The first kappa shape index (κ1) is 27.6. The molecule has 25 heavy (non-hydrogen) atoms. The van der Waals surface area contributed by atoms with Crippen molar-refractivity contribution in [2.45, 2.75) is 27.2 Å². The molecule has 1 aromatic carbocycles. The lowest BCUT2D eigenvalue weighted by molar-refractivity contribution is 0.111. The Morgan fingerprint density at radius 3 is 2.16 bits per heavy atom. The lowest BCUT2D eigenvalue weighted by atomic mass is 10.0. The van der Waals surface area contributed by atoms with Crippen molar-refractivity contribution in [2.24, 2.45) is 5.73 Å². The zero-order valence-electron chi connectivity index (χ0n) is 15.4. The quantitative estimate of drug-likeness (QED) is 0.215. The van der Waals surface area contributed by atoms with E-state index in [-0.39, 0.29) is 0 Å². The first-order valence-corrected chi connectivity index (χ1v) is 8.18. The van der Waals surface area contributed by atoms with Crippen LogP contribution >= 0.6 is 12.6 Å². The first-order valence-electron chi connectivity index (χ1n) is 7.55. The topological polar surface area (TPSA) is 100 Å². The molecule has 0 atom stereocenters. The summed E-state index contributed by atoms with van der Waals surface area (Å²) in [7, 11) is 1.00. The van der Waals surface area contributed by atoms with Crippen molar-refractivity contribution in [2.75, 3.05) is 13.0 Å². The third-order valence-electron chi connectivity index (χ3n) is 2.28. The SMILES string of the molecule is C#C.CC(=N)c1cccc2nc(C=O)ccc12.CCC.CO.NCS. The molecular formula is C19H29N3O2S. The average molecular weight is 364 g/mol. The number of hydrogen-bond donors (Lipinski definition) is 4. The van der Waals surface area contributed by atoms with Crippen molar-refractivity contribution in [3.63, 3.8) is 0 Å². The highest BCUT2D eigenvalue weighted by Gasteiger charge is 2.03. The number of nitrogens with two attached hydrogens (primary N) is 1. The Kier molecular flexibility index (Phi) is 21.9. The third-order valence-corrected chi connectivity index (χ3v) is 2.28. The molecule has 0 radical (unpaired) electrons. The molecule has 0 fully saturated rings. The number of carbonyl (C=O) groups is 1. The number of aliphatic hydroxyl groups excluding tert-OH is 1. The highest BCUT2D eigenvalue weighted by molar-refractivity contribution is 7.80. The van der Waals surface area contributed by atoms with Crippen molar-refractivity contribution in [1.29, 1.82) is 5.41 Å². The van der Waals surface area contributed by atoms with E-state index in [1.54, 1.807) is 13.0 Å². The van der Waals surface area contributed by atoms with Crippen LogP contribution < -0.4 is 5.73 Å². The number of nitrogens with zero attached hydrogens (tertiary/aromatic N) is 1. The van der Waals surface area contributed by atoms with E-state index in [1.807, 2.05) is 24.3 Å². The van der Waals surface area contributed by atoms with Crippen LogP contribution in [0, 0.1) is 18.3 Å². The predicted molar refractivity (Wildman–Crippen MR) is 112 cm³/mol. The second kappa shape index (κ2) is 19.8. The van der Waals surface area contributed by atoms with E-state index in [9.17, 15) is 4.79 Å². The standard InChI is InChI=1S/C12H10N2O.C3H8.C2H2.CH5NS.CH4O/c1-8(13)10-3-2-4-12-11(10)6-5-9(7-15)14-12;1-3-2;1-2;2-1-3;1-2/h2-7,13H,1H3;3H2,1-2H3;1-2H;3H,1-2H2;2H,1H3. The first-order chi connectivity index (χ1) is 12.0. The summed E-state index contributed by atoms with van der Waals surface area (Å²) in [6.07, 6.45) is 9.98. The number of aliphatic hydroxyl groups is 1. The Bertz CT molecular complexity index is 626. The van der Waals surface area contributed by atoms with E-state index in [0.717, 1.165) is 29.9 Å². The molecule has 5 nitrogen and oxygen atoms in total. The summed E-state index contributed by atoms with van der Waals surface area (Å²) in [5, 5.41) is 15.5. The Hall–Kier alpha value is -2.20. The summed E-state index contributed by atoms with van der Waals surface area (Å²) in [6.45, 7) is 5.99. The fraction of sp³-hybridized carbons (Fsp3) is 0.316. The fourth-order valence-electron chi connectivity index (χ4n) is 1.56. The Labute approximate surface area is 156 Å². The summed E-state index contributed by atoms with van der Waals surface area (Å²) in [5.74, 6) is 0.444. The summed E-state index contributed by atoms with van der Waals surface area (Å²) in [4.78, 5) is 14.7. The van der Waals surface area contributed by atoms with Crippen LogP contribution in [-0.4, -0.2) is 35.1 Å². The summed E-state index contributed by atoms with van der Waals surface area (Å²) in [5.41, 5.74) is 7.24. The fourth-order valence-corrected chi connectivity index (χ4v) is 1.56. The molecule has 0 unspecified atom stereocenters. The van der Waals surface area contributed by atoms with Gasteiger partial charge in [0.05, 0.1) is 5.52 Å². The minimum atomic E-state index is 0.419. The van der Waals surface area contributed by atoms with Gasteiger partial charge in [0.15, 0.2) is 6.29 Å². The van der Waals surface area contributed by atoms with E-state index in [4.69, 9.17) is 16.2 Å². The maximum absolute atomic E-state index is 10.6. The van der Waals surface area contributed by atoms with Gasteiger partial charge in [-0.15, -0.1) is 12.8 Å². The maximum Gasteiger partial charge on any atom is 0.168 e. The Morgan fingerprint density at radius 2 is 1.76 bits per heavy atom. The van der Waals surface area contributed by atoms with Crippen LogP contribution in [0.2, 0.25) is 0 Å². The Morgan fingerprint density at radius 1 is 1.28 bits per heavy atom. The average Bonchev–Trinajstić information content (AvgIpc) is 2.65. The highest BCUT2D eigenvalue weighted by atomic mass is 32.1. The number of aromatic nitrogens is 1. The van der Waals surface area contributed by atoms with E-state index in [2.05, 4.69) is 44.3 Å². The number of aldehydes is 1. The molecule has 0 saturated carbocycles. The molecule has 0 aliphatic heterocycles. The van der Waals surface area contributed by atoms with Crippen LogP contribution in [-0.2, 0) is 0 Å². The third kappa shape index (κ3) is 11.9. The Balaban J connectivity index is -0.000000411. The molecule has 4 N–H and O–H groups in total. The second-order valence-corrected chi connectivity index (χ2v) is 4.61. The largest absolute Gasteiger partial charge is 0.400 e. The van der Waals surface area contributed by atoms with Gasteiger partial charge in [0.1, 0.15) is 5.69 Å². The lowest BCUT2D eigenvalue weighted by Crippen LogP contribution is -1.95. The summed E-state index contributed by atoms with van der Waals surface area (Å²) >= 11 is 3.57. The number of fused-ring (bicyclic) bond motifs is 1. The molecule has 1 aromatic heterocycles. The molecule has 6 heteroatoms. The van der Waals surface area contributed by atoms with Gasteiger partial charge in [-0.3, -0.25) is 4.79 Å². The van der Waals surface area contributed by atoms with Crippen molar-refractivity contribution in [1.82, 2.24) is 4.98 Å². The molecule has 0 aliphatic rings. The van der Waals surface area contributed by atoms with Crippen LogP contribution in [0.5, 0.6) is 0 Å². The molecular weight excluding hydrogens is 334 g/mol. The molecule has 0 bridgehead atoms. The molecule has 1 heterocycles. The molecule has 138 valence electrons. The van der Waals surface area contributed by atoms with Crippen LogP contribution in [0.4, 0.5) is 0 Å². The zero-order valence-corrected chi connectivity index (χ0v) is 16.3. The van der Waals surface area contributed by atoms with Crippen LogP contribution in [0.15, 0.2) is 30.3 Å². The normalized spacial score (nSPS) is 7.88. The summed E-state index contributed by atoms with van der Waals surface area (Å²) < 4.78 is 0. The number of nitrogens with one attached hydrogen (secondary N) is 1. The number of benzene rings is 1. The maximum atomic E-state index is 10.6. The van der Waals surface area contributed by atoms with Crippen molar-refractivity contribution in [3.8, 4) is 12.8 Å². The summed E-state index contributed by atoms with van der Waals surface area (Å²) in [6, 6.07) is 9.07. The molecule has 2 aromatic rings. The van der Waals surface area contributed by atoms with Gasteiger partial charge in [-0.1, -0.05) is 32.4 Å². The van der Waals surface area contributed by atoms with E-state index >= 15 is 0 Å². The van der Waals surface area contributed by atoms with Gasteiger partial charge in [0.2, 0.25) is 0 Å². The monoisotopic (exact) mass is 363 g/mol. The van der Waals surface area contributed by atoms with Crippen molar-refractivity contribution < 1.29 is 9.90 Å². The minimum Gasteiger partial charge on any atom is -0.400 e. The van der Waals surface area contributed by atoms with Crippen LogP contribution in [0.3, 0.4) is 0 Å². The van der Waals surface area contributed by atoms with Gasteiger partial charge >= 0.3 is 0 Å². The van der Waals surface area contributed by atoms with Gasteiger partial charge in [-0.25, -0.2) is 4.98 Å². The van der Waals surface area contributed by atoms with Gasteiger partial charge < -0.3 is 16.2 Å². The van der Waals surface area contributed by atoms with Gasteiger partial charge in [0, 0.05) is 29.6 Å². The number of carbonyl (C=O) groups excluding carboxylic acids is 1. The van der Waals surface area contributed by atoms with Gasteiger partial charge in [-0.2, -0.15) is 12.6 Å². The number of terminal acetylenes is 1. The van der Waals surface area contributed by atoms with E-state index in [1.165, 1.54) is 6.42 Å². The molecule has 0 aliphatic carbocycles. The predicted octanol–water partition coefficient (Wildman–Crippen LogP) is 3.54. The highest BCUT2D eigenvalue weighted by Crippen LogP contribution is 2.17. The molecule has 0 saturated heterocycles. The molecule has 0 amide bonds. The van der Waals surface area contributed by atoms with Crippen LogP contribution in [0.1, 0.15) is 43.2 Å². The van der Waals surface area contributed by atoms with Crippen molar-refractivity contribution >= 4 is 35.5 Å². The van der Waals surface area contributed by atoms with Gasteiger partial charge in [-0.05, 0) is 25.1 Å². The smallest absolute Gasteiger partial charge is 0.168 e. The number of hydrogen-bond acceptors (Lipinski definition) is 6. The molecule has 2 rings (SSSR count). The number of thiol groups is 1. The number of rotatable bonds is 2. The van der Waals surface area contributed by atoms with Gasteiger partial charge in [0.25, 0.3) is 0 Å². The van der Waals surface area contributed by atoms with E-state index < -0.39 is 0 Å². The lowest BCUT2D eigenvalue weighted by Gasteiger charge is -2.04. The van der Waals surface area contributed by atoms with E-state index in [0.29, 0.717) is 17.3 Å². The second-order valence-electron chi connectivity index (χ2n) is 4.24. The van der Waals surface area contributed by atoms with Crippen molar-refractivity contribution in [3.05, 3.63) is 41.6 Å². The minimum absolute atomic E-state index is 0.419.